The molecule has 0 saturated heterocycles. The number of aryl methyl sites for hydroxylation is 1. The van der Waals surface area contributed by atoms with Gasteiger partial charge in [-0.05, 0) is 26.1 Å². The van der Waals surface area contributed by atoms with Gasteiger partial charge in [0.2, 0.25) is 0 Å². The largest absolute Gasteiger partial charge is 0.313 e. The molecule has 0 radical (unpaired) electrons. The minimum atomic E-state index is 0.709. The molecule has 68 valence electrons. The second-order valence-electron chi connectivity index (χ2n) is 3.00. The van der Waals surface area contributed by atoms with Gasteiger partial charge in [-0.15, -0.1) is 5.10 Å². The fraction of sp³-hybridized carbons (Fsp3) is 0.333. The van der Waals surface area contributed by atoms with Crippen LogP contribution in [-0.4, -0.2) is 21.6 Å². The van der Waals surface area contributed by atoms with Gasteiger partial charge in [0.15, 0.2) is 11.5 Å². The fourth-order valence-electron chi connectivity index (χ4n) is 1.31. The standard InChI is InChI=1S/C9H12N4/c1-7-4-3-5-9-11-8(6-10-2)12-13(7)9/h3-5,10H,6H2,1-2H3. The molecule has 2 aromatic rings. The van der Waals surface area contributed by atoms with Crippen LogP contribution in [0.5, 0.6) is 0 Å². The highest BCUT2D eigenvalue weighted by Crippen LogP contribution is 2.04. The van der Waals surface area contributed by atoms with Gasteiger partial charge in [-0.2, -0.15) is 0 Å². The van der Waals surface area contributed by atoms with Gasteiger partial charge in [0.05, 0.1) is 6.54 Å². The van der Waals surface area contributed by atoms with E-state index in [-0.39, 0.29) is 0 Å². The van der Waals surface area contributed by atoms with Crippen LogP contribution in [0.25, 0.3) is 5.65 Å². The van der Waals surface area contributed by atoms with E-state index < -0.39 is 0 Å². The van der Waals surface area contributed by atoms with E-state index in [1.165, 1.54) is 0 Å². The summed E-state index contributed by atoms with van der Waals surface area (Å²) in [5.41, 5.74) is 2.01. The predicted molar refractivity (Wildman–Crippen MR) is 50.5 cm³/mol. The van der Waals surface area contributed by atoms with Crippen molar-refractivity contribution in [2.24, 2.45) is 0 Å². The van der Waals surface area contributed by atoms with Crippen LogP contribution in [0.4, 0.5) is 0 Å². The third kappa shape index (κ3) is 1.40. The minimum absolute atomic E-state index is 0.709. The molecule has 0 aliphatic rings. The van der Waals surface area contributed by atoms with E-state index in [4.69, 9.17) is 0 Å². The maximum atomic E-state index is 4.35. The lowest BCUT2D eigenvalue weighted by molar-refractivity contribution is 0.748. The van der Waals surface area contributed by atoms with Gasteiger partial charge in [0, 0.05) is 5.69 Å². The minimum Gasteiger partial charge on any atom is -0.313 e. The molecule has 2 heterocycles. The summed E-state index contributed by atoms with van der Waals surface area (Å²) in [6.07, 6.45) is 0. The second-order valence-corrected chi connectivity index (χ2v) is 3.00. The smallest absolute Gasteiger partial charge is 0.165 e. The van der Waals surface area contributed by atoms with Gasteiger partial charge in [-0.25, -0.2) is 9.50 Å². The van der Waals surface area contributed by atoms with Crippen molar-refractivity contribution in [1.29, 1.82) is 0 Å². The average molecular weight is 176 g/mol. The Bertz CT molecular complexity index is 418. The molecule has 1 N–H and O–H groups in total. The van der Waals surface area contributed by atoms with Crippen molar-refractivity contribution < 1.29 is 0 Å². The molecule has 4 nitrogen and oxygen atoms in total. The maximum absolute atomic E-state index is 4.35. The Hall–Kier alpha value is -1.42. The van der Waals surface area contributed by atoms with Gasteiger partial charge in [-0.1, -0.05) is 6.07 Å². The number of nitrogens with zero attached hydrogens (tertiary/aromatic N) is 3. The molecule has 0 bridgehead atoms. The second kappa shape index (κ2) is 3.14. The number of pyridine rings is 1. The Labute approximate surface area is 76.6 Å². The number of nitrogens with one attached hydrogen (secondary N) is 1. The van der Waals surface area contributed by atoms with Crippen molar-refractivity contribution >= 4 is 5.65 Å². The summed E-state index contributed by atoms with van der Waals surface area (Å²) in [4.78, 5) is 4.35. The number of hydrogen-bond donors (Lipinski definition) is 1. The van der Waals surface area contributed by atoms with E-state index in [0.29, 0.717) is 6.54 Å². The van der Waals surface area contributed by atoms with Gasteiger partial charge < -0.3 is 5.32 Å². The van der Waals surface area contributed by atoms with E-state index >= 15 is 0 Å². The zero-order valence-corrected chi connectivity index (χ0v) is 7.78. The van der Waals surface area contributed by atoms with Crippen molar-refractivity contribution in [1.82, 2.24) is 19.9 Å². The summed E-state index contributed by atoms with van der Waals surface area (Å²) in [5.74, 6) is 0.830. The van der Waals surface area contributed by atoms with Gasteiger partial charge in [-0.3, -0.25) is 0 Å². The van der Waals surface area contributed by atoms with Crippen LogP contribution in [-0.2, 0) is 6.54 Å². The molecule has 2 aromatic heterocycles. The molecule has 0 spiro atoms. The van der Waals surface area contributed by atoms with Crippen LogP contribution in [0.1, 0.15) is 11.5 Å². The van der Waals surface area contributed by atoms with Crippen molar-refractivity contribution in [2.45, 2.75) is 13.5 Å². The Morgan fingerprint density at radius 1 is 1.46 bits per heavy atom. The third-order valence-electron chi connectivity index (χ3n) is 1.93. The van der Waals surface area contributed by atoms with Crippen LogP contribution < -0.4 is 5.32 Å². The van der Waals surface area contributed by atoms with Gasteiger partial charge in [0.1, 0.15) is 0 Å². The highest BCUT2D eigenvalue weighted by Gasteiger charge is 2.02. The van der Waals surface area contributed by atoms with Crippen LogP contribution in [0.2, 0.25) is 0 Å². The van der Waals surface area contributed by atoms with E-state index in [2.05, 4.69) is 15.4 Å². The fourth-order valence-corrected chi connectivity index (χ4v) is 1.31. The summed E-state index contributed by atoms with van der Waals surface area (Å²) in [6, 6.07) is 5.96. The first-order valence-electron chi connectivity index (χ1n) is 4.27. The first-order chi connectivity index (χ1) is 6.31. The van der Waals surface area contributed by atoms with Crippen LogP contribution in [0, 0.1) is 6.92 Å². The highest BCUT2D eigenvalue weighted by molar-refractivity contribution is 5.38. The van der Waals surface area contributed by atoms with Crippen LogP contribution >= 0.6 is 0 Å². The monoisotopic (exact) mass is 176 g/mol. The summed E-state index contributed by atoms with van der Waals surface area (Å²) in [6.45, 7) is 2.73. The molecule has 13 heavy (non-hydrogen) atoms. The van der Waals surface area contributed by atoms with Crippen molar-refractivity contribution in [3.63, 3.8) is 0 Å². The highest BCUT2D eigenvalue weighted by atomic mass is 15.3. The van der Waals surface area contributed by atoms with Crippen LogP contribution in [0.3, 0.4) is 0 Å². The summed E-state index contributed by atoms with van der Waals surface area (Å²) >= 11 is 0. The summed E-state index contributed by atoms with van der Waals surface area (Å²) in [5, 5.41) is 7.37. The molecule has 0 aliphatic heterocycles. The van der Waals surface area contributed by atoms with Crippen molar-refractivity contribution in [2.75, 3.05) is 7.05 Å². The quantitative estimate of drug-likeness (QED) is 0.734. The average Bonchev–Trinajstić information content (AvgIpc) is 2.49. The summed E-state index contributed by atoms with van der Waals surface area (Å²) < 4.78 is 1.85. The zero-order valence-electron chi connectivity index (χ0n) is 7.78. The van der Waals surface area contributed by atoms with Crippen molar-refractivity contribution in [3.05, 3.63) is 29.7 Å². The van der Waals surface area contributed by atoms with E-state index in [9.17, 15) is 0 Å². The number of hydrogen-bond acceptors (Lipinski definition) is 3. The molecular weight excluding hydrogens is 164 g/mol. The van der Waals surface area contributed by atoms with Gasteiger partial charge >= 0.3 is 0 Å². The lowest BCUT2D eigenvalue weighted by Crippen LogP contribution is -2.06. The first-order valence-corrected chi connectivity index (χ1v) is 4.27. The lowest BCUT2D eigenvalue weighted by atomic mass is 10.4. The molecule has 0 unspecified atom stereocenters. The Kier molecular flexibility index (Phi) is 1.98. The van der Waals surface area contributed by atoms with Crippen LogP contribution in [0.15, 0.2) is 18.2 Å². The van der Waals surface area contributed by atoms with E-state index in [1.807, 2.05) is 36.7 Å². The van der Waals surface area contributed by atoms with Crippen molar-refractivity contribution in [3.8, 4) is 0 Å². The molecular formula is C9H12N4. The topological polar surface area (TPSA) is 42.2 Å². The van der Waals surface area contributed by atoms with Gasteiger partial charge in [0.25, 0.3) is 0 Å². The zero-order chi connectivity index (χ0) is 9.26. The first kappa shape index (κ1) is 8.19. The number of fused-ring (bicyclic) bond motifs is 1. The maximum Gasteiger partial charge on any atom is 0.165 e. The van der Waals surface area contributed by atoms with E-state index in [0.717, 1.165) is 17.2 Å². The molecule has 2 rings (SSSR count). The molecule has 0 aromatic carbocycles. The Balaban J connectivity index is 2.55. The molecule has 0 atom stereocenters. The van der Waals surface area contributed by atoms with E-state index in [1.54, 1.807) is 0 Å². The Morgan fingerprint density at radius 2 is 2.31 bits per heavy atom. The number of aromatic nitrogens is 3. The molecule has 0 aliphatic carbocycles. The lowest BCUT2D eigenvalue weighted by Gasteiger charge is -1.94. The molecule has 0 fully saturated rings. The predicted octanol–water partition coefficient (Wildman–Crippen LogP) is 0.757. The molecule has 0 saturated carbocycles. The Morgan fingerprint density at radius 3 is 3.00 bits per heavy atom. The third-order valence-corrected chi connectivity index (χ3v) is 1.93. The molecule has 0 amide bonds. The number of rotatable bonds is 2. The SMILES string of the molecule is CNCc1nc2cccc(C)n2n1. The normalized spacial score (nSPS) is 10.9. The summed E-state index contributed by atoms with van der Waals surface area (Å²) in [7, 11) is 1.89. The molecule has 4 heteroatoms.